The van der Waals surface area contributed by atoms with Crippen LogP contribution in [-0.2, 0) is 27.2 Å². The third kappa shape index (κ3) is 19.1. The van der Waals surface area contributed by atoms with E-state index in [1.165, 1.54) is 57.7 Å². The number of ether oxygens (including phenoxy) is 5. The molecule has 0 aliphatic carbocycles. The van der Waals surface area contributed by atoms with Gasteiger partial charge in [0.25, 0.3) is 17.7 Å². The summed E-state index contributed by atoms with van der Waals surface area (Å²) in [5.41, 5.74) is 1.85. The third-order valence-electron chi connectivity index (χ3n) is 16.2. The summed E-state index contributed by atoms with van der Waals surface area (Å²) < 4.78 is 30.7. The minimum absolute atomic E-state index is 0.0783. The molecule has 29 heteroatoms. The number of benzene rings is 4. The molecule has 0 bridgehead atoms. The van der Waals surface area contributed by atoms with Crippen molar-refractivity contribution in [3.8, 4) is 11.5 Å². The van der Waals surface area contributed by atoms with Crippen molar-refractivity contribution in [2.24, 2.45) is 0 Å². The minimum atomic E-state index is -0.932. The van der Waals surface area contributed by atoms with E-state index in [1.807, 2.05) is 106 Å². The molecule has 10 rings (SSSR count). The van der Waals surface area contributed by atoms with Crippen LogP contribution in [0.1, 0.15) is 117 Å². The molecule has 6 heterocycles. The highest BCUT2D eigenvalue weighted by Crippen LogP contribution is 2.35. The van der Waals surface area contributed by atoms with Crippen molar-refractivity contribution in [3.63, 3.8) is 0 Å². The largest absolute Gasteiger partial charge is 0.493 e. The molecular formula is C73H89N15O11S3. The Hall–Kier alpha value is -9.61. The van der Waals surface area contributed by atoms with Crippen LogP contribution in [0.25, 0.3) is 0 Å². The van der Waals surface area contributed by atoms with Crippen LogP contribution in [0.15, 0.2) is 137 Å². The number of fused-ring (bicyclic) bond motifs is 3. The van der Waals surface area contributed by atoms with E-state index >= 15 is 4.79 Å². The first-order valence-electron chi connectivity index (χ1n) is 33.7. The molecule has 0 N–H and O–H groups in total. The highest BCUT2D eigenvalue weighted by Gasteiger charge is 2.39. The molecule has 4 aromatic carbocycles. The van der Waals surface area contributed by atoms with E-state index in [1.54, 1.807) is 126 Å². The zero-order valence-corrected chi connectivity index (χ0v) is 62.5. The van der Waals surface area contributed by atoms with E-state index in [2.05, 4.69) is 19.9 Å². The van der Waals surface area contributed by atoms with E-state index in [9.17, 15) is 24.0 Å². The van der Waals surface area contributed by atoms with Crippen molar-refractivity contribution in [1.29, 1.82) is 0 Å². The van der Waals surface area contributed by atoms with Crippen molar-refractivity contribution >= 4 is 106 Å². The van der Waals surface area contributed by atoms with Crippen molar-refractivity contribution in [1.82, 2.24) is 44.8 Å². The molecule has 3 aromatic heterocycles. The van der Waals surface area contributed by atoms with Gasteiger partial charge in [0.2, 0.25) is 0 Å². The number of anilines is 6. The number of likely N-dealkylation sites (N-methyl/N-ethyl adjacent to an activating group) is 1. The monoisotopic (exact) mass is 1450 g/mol. The van der Waals surface area contributed by atoms with Gasteiger partial charge in [0.15, 0.2) is 27.1 Å². The molecule has 0 fully saturated rings. The lowest BCUT2D eigenvalue weighted by molar-refractivity contribution is 0.0194. The summed E-state index contributed by atoms with van der Waals surface area (Å²) in [6.45, 7) is 18.5. The molecule has 0 saturated heterocycles. The van der Waals surface area contributed by atoms with E-state index < -0.39 is 46.9 Å². The third-order valence-corrected chi connectivity index (χ3v) is 17.9. The van der Waals surface area contributed by atoms with Gasteiger partial charge in [-0.2, -0.15) is 0 Å². The second kappa shape index (κ2) is 33.0. The fourth-order valence-corrected chi connectivity index (χ4v) is 12.5. The molecule has 26 nitrogen and oxygen atoms in total. The second-order valence-corrected chi connectivity index (χ2v) is 29.6. The zero-order valence-electron chi connectivity index (χ0n) is 60.1. The fourth-order valence-electron chi connectivity index (χ4n) is 11.5. The van der Waals surface area contributed by atoms with Crippen LogP contribution in [0.4, 0.5) is 48.9 Å². The lowest BCUT2D eigenvalue weighted by atomic mass is 10.1. The Morgan fingerprint density at radius 3 is 1.37 bits per heavy atom. The molecular weight excluding hydrogens is 1360 g/mol. The molecule has 3 aliphatic heterocycles. The maximum atomic E-state index is 15.1. The van der Waals surface area contributed by atoms with Gasteiger partial charge in [-0.3, -0.25) is 24.4 Å². The lowest BCUT2D eigenvalue weighted by Crippen LogP contribution is -2.52. The average Bonchev–Trinajstić information content (AvgIpc) is 1.60. The normalized spacial score (nSPS) is 14.2. The number of aromatic nitrogens is 6. The van der Waals surface area contributed by atoms with Crippen LogP contribution >= 0.6 is 35.3 Å². The Balaban J connectivity index is 0.846. The number of hydrogen-bond acceptors (Lipinski definition) is 23. The summed E-state index contributed by atoms with van der Waals surface area (Å²) in [7, 11) is 1.92. The molecule has 102 heavy (non-hydrogen) atoms. The number of amides is 6. The highest BCUT2D eigenvalue weighted by molar-refractivity contribution is 7.98. The van der Waals surface area contributed by atoms with Crippen LogP contribution in [-0.4, -0.2) is 196 Å². The van der Waals surface area contributed by atoms with Gasteiger partial charge in [-0.1, -0.05) is 89.9 Å². The van der Waals surface area contributed by atoms with Gasteiger partial charge in [0, 0.05) is 101 Å². The van der Waals surface area contributed by atoms with Gasteiger partial charge in [0.05, 0.1) is 26.2 Å². The summed E-state index contributed by atoms with van der Waals surface area (Å²) >= 11 is 3.99. The predicted molar refractivity (Wildman–Crippen MR) is 397 cm³/mol. The number of nitrogens with zero attached hydrogens (tertiary/aromatic N) is 15. The first-order chi connectivity index (χ1) is 48.7. The molecule has 0 unspecified atom stereocenters. The average molecular weight is 1450 g/mol. The summed E-state index contributed by atoms with van der Waals surface area (Å²) in [5, 5.41) is 7.56. The zero-order chi connectivity index (χ0) is 73.0. The number of carbonyl (C=O) groups excluding carboxylic acids is 6. The number of hydrogen-bond donors (Lipinski definition) is 0. The van der Waals surface area contributed by atoms with Gasteiger partial charge >= 0.3 is 18.3 Å². The Bertz CT molecular complexity index is 4160. The highest BCUT2D eigenvalue weighted by atomic mass is 32.2. The fraction of sp³-hybridized carbons (Fsp3) is 0.425. The maximum Gasteiger partial charge on any atom is 0.429 e. The summed E-state index contributed by atoms with van der Waals surface area (Å²) in [6.07, 6.45) is 9.77. The predicted octanol–water partition coefficient (Wildman–Crippen LogP) is 12.5. The first kappa shape index (κ1) is 75.1. The number of rotatable bonds is 23. The quantitative estimate of drug-likeness (QED) is 0.0250. The van der Waals surface area contributed by atoms with Crippen molar-refractivity contribution in [3.05, 3.63) is 150 Å². The Morgan fingerprint density at radius 1 is 0.461 bits per heavy atom. The van der Waals surface area contributed by atoms with E-state index in [0.717, 1.165) is 16.8 Å². The minimum Gasteiger partial charge on any atom is -0.493 e. The van der Waals surface area contributed by atoms with Crippen LogP contribution < -0.4 is 39.1 Å². The Labute approximate surface area is 608 Å². The lowest BCUT2D eigenvalue weighted by Gasteiger charge is -2.36. The van der Waals surface area contributed by atoms with Crippen LogP contribution in [0, 0.1) is 0 Å². The Kier molecular flexibility index (Phi) is 24.3. The number of thioether (sulfide) groups is 3. The topological polar surface area (TPSA) is 255 Å². The van der Waals surface area contributed by atoms with Crippen molar-refractivity contribution in [2.75, 3.05) is 128 Å². The summed E-state index contributed by atoms with van der Waals surface area (Å²) in [6, 6.07) is 31.7. The molecule has 3 aliphatic rings. The van der Waals surface area contributed by atoms with E-state index in [0.29, 0.717) is 95.2 Å². The smallest absolute Gasteiger partial charge is 0.429 e. The van der Waals surface area contributed by atoms with Crippen molar-refractivity contribution in [2.45, 2.75) is 120 Å². The second-order valence-electron chi connectivity index (χ2n) is 27.2. The van der Waals surface area contributed by atoms with Gasteiger partial charge in [-0.15, -0.1) is 0 Å². The van der Waals surface area contributed by atoms with Gasteiger partial charge in [-0.25, -0.2) is 54.3 Å². The van der Waals surface area contributed by atoms with Crippen molar-refractivity contribution < 1.29 is 52.5 Å². The van der Waals surface area contributed by atoms with Gasteiger partial charge in [0.1, 0.15) is 57.4 Å². The molecule has 7 aromatic rings. The molecule has 0 spiro atoms. The SMILES string of the molecule is CSc1ncc2c(n1)N(C)CCN(c1cccc(CCCN(C(=O)OC(C)(C)C)N3CCN(c4cccc(OCCN(C(=O)OC(C)(C)C)N5CCN(c6cccc(OCCCN(Cc7ccccc7)C(=O)OC(C)(C)C)c6)C(=O)c6cnc(SC)nc65)c4)C(=O)c4cnc(SC)nc43)c1)C2=O. The van der Waals surface area contributed by atoms with Gasteiger partial charge < -0.3 is 48.2 Å². The number of hydrazine groups is 2. The standard InChI is InChI=1S/C73H89N15O11S3/c1-71(2,3)97-68(92)81(48-50-22-15-14-16-23-50)31-21-40-95-54-29-18-27-52(43-54)84-36-38-86(61-58(64(84)91)47-76-67(79-61)102-13)88(70(94)99-73(7,8)9)39-41-96-55-30-19-28-53(44-55)83-35-37-85(60-57(63(83)90)46-75-66(78-60)101-12)87(69(93)98-72(4,5)6)32-20-25-49-24-17-26-51(42-49)82-34-33-80(10)59-56(62(82)89)45-74-65(77-59)100-11/h14-19,22-24,26-30,42-47H,20-21,25,31-41,48H2,1-13H3. The van der Waals surface area contributed by atoms with Crippen LogP contribution in [0.3, 0.4) is 0 Å². The molecule has 6 amide bonds. The molecule has 0 radical (unpaired) electrons. The van der Waals surface area contributed by atoms with Crippen LogP contribution in [0.2, 0.25) is 0 Å². The Morgan fingerprint density at radius 2 is 0.882 bits per heavy atom. The van der Waals surface area contributed by atoms with E-state index in [4.69, 9.17) is 33.7 Å². The molecule has 0 atom stereocenters. The maximum absolute atomic E-state index is 15.1. The first-order valence-corrected chi connectivity index (χ1v) is 37.4. The van der Waals surface area contributed by atoms with Gasteiger partial charge in [-0.05, 0) is 148 Å². The van der Waals surface area contributed by atoms with Crippen LogP contribution in [0.5, 0.6) is 11.5 Å². The molecule has 540 valence electrons. The number of carbonyl (C=O) groups is 6. The molecule has 0 saturated carbocycles. The number of aryl methyl sites for hydroxylation is 1. The van der Waals surface area contributed by atoms with E-state index in [-0.39, 0.29) is 81.2 Å². The summed E-state index contributed by atoms with van der Waals surface area (Å²) in [4.78, 5) is 123. The summed E-state index contributed by atoms with van der Waals surface area (Å²) in [5.74, 6) is 0.854.